The van der Waals surface area contributed by atoms with Crippen molar-refractivity contribution in [2.24, 2.45) is 0 Å². The summed E-state index contributed by atoms with van der Waals surface area (Å²) in [5, 5.41) is 18.5. The number of hydrogen-bond acceptors (Lipinski definition) is 6. The lowest BCUT2D eigenvalue weighted by Gasteiger charge is -2.06. The predicted octanol–water partition coefficient (Wildman–Crippen LogP) is 3.05. The molecule has 0 amide bonds. The number of rotatable bonds is 8. The largest absolute Gasteiger partial charge is 0.476 e. The number of nitrogens with zero attached hydrogens (tertiary/aromatic N) is 3. The Labute approximate surface area is 168 Å². The molecule has 29 heavy (non-hydrogen) atoms. The number of carbonyl (C=O) groups is 1. The van der Waals surface area contributed by atoms with Gasteiger partial charge in [0.15, 0.2) is 0 Å². The number of benzene rings is 1. The third kappa shape index (κ3) is 4.81. The molecule has 0 aliphatic carbocycles. The Balaban J connectivity index is 1.90. The fraction of sp³-hybridized carbons (Fsp3) is 0.227. The van der Waals surface area contributed by atoms with Crippen molar-refractivity contribution >= 4 is 17.7 Å². The maximum absolute atomic E-state index is 12.4. The summed E-state index contributed by atoms with van der Waals surface area (Å²) in [6, 6.07) is 14.9. The van der Waals surface area contributed by atoms with E-state index >= 15 is 0 Å². The summed E-state index contributed by atoms with van der Waals surface area (Å²) in [5.41, 5.74) is 2.72. The summed E-state index contributed by atoms with van der Waals surface area (Å²) in [6.45, 7) is 2.24. The second kappa shape index (κ2) is 9.53. The van der Waals surface area contributed by atoms with Crippen molar-refractivity contribution in [1.82, 2.24) is 9.38 Å². The Bertz CT molecular complexity index is 1060. The molecule has 0 aliphatic heterocycles. The molecule has 0 spiro atoms. The smallest absolute Gasteiger partial charge is 0.349 e. The van der Waals surface area contributed by atoms with Crippen LogP contribution in [0.5, 0.6) is 5.88 Å². The van der Waals surface area contributed by atoms with Crippen LogP contribution >= 0.6 is 0 Å². The van der Waals surface area contributed by atoms with E-state index in [1.54, 1.807) is 10.6 Å². The van der Waals surface area contributed by atoms with Gasteiger partial charge in [-0.05, 0) is 30.2 Å². The zero-order chi connectivity index (χ0) is 20.6. The van der Waals surface area contributed by atoms with Gasteiger partial charge in [-0.3, -0.25) is 4.40 Å². The first-order chi connectivity index (χ1) is 14.1. The van der Waals surface area contributed by atoms with Crippen LogP contribution in [-0.4, -0.2) is 33.7 Å². The Morgan fingerprint density at radius 1 is 1.28 bits per heavy atom. The number of ether oxygens (including phenoxy) is 2. The van der Waals surface area contributed by atoms with E-state index in [-0.39, 0.29) is 31.3 Å². The number of imidazole rings is 1. The summed E-state index contributed by atoms with van der Waals surface area (Å²) >= 11 is 0. The molecular weight excluding hydrogens is 370 g/mol. The van der Waals surface area contributed by atoms with E-state index < -0.39 is 5.97 Å². The maximum Gasteiger partial charge on any atom is 0.349 e. The molecule has 2 aromatic heterocycles. The Kier molecular flexibility index (Phi) is 6.61. The number of fused-ring (bicyclic) bond motifs is 1. The van der Waals surface area contributed by atoms with Crippen LogP contribution in [0.15, 0.2) is 54.2 Å². The van der Waals surface area contributed by atoms with Gasteiger partial charge >= 0.3 is 5.97 Å². The zero-order valence-corrected chi connectivity index (χ0v) is 16.0. The first-order valence-corrected chi connectivity index (χ1v) is 9.18. The molecule has 0 unspecified atom stereocenters. The fourth-order valence-corrected chi connectivity index (χ4v) is 2.75. The number of carbonyl (C=O) groups excluding carboxylic acids is 1. The van der Waals surface area contributed by atoms with Crippen LogP contribution in [0.25, 0.3) is 11.7 Å². The lowest BCUT2D eigenvalue weighted by atomic mass is 10.2. The third-order valence-corrected chi connectivity index (χ3v) is 4.22. The van der Waals surface area contributed by atoms with Crippen molar-refractivity contribution in [3.63, 3.8) is 0 Å². The van der Waals surface area contributed by atoms with Crippen LogP contribution in [-0.2, 0) is 16.1 Å². The van der Waals surface area contributed by atoms with Crippen molar-refractivity contribution in [3.8, 4) is 11.9 Å². The van der Waals surface area contributed by atoms with Crippen molar-refractivity contribution in [2.45, 2.75) is 20.0 Å². The Morgan fingerprint density at radius 2 is 2.07 bits per heavy atom. The van der Waals surface area contributed by atoms with Gasteiger partial charge in [0.05, 0.1) is 6.61 Å². The molecule has 0 radical (unpaired) electrons. The molecular formula is C22H21N3O4. The van der Waals surface area contributed by atoms with Crippen molar-refractivity contribution in [1.29, 1.82) is 5.26 Å². The number of nitriles is 1. The van der Waals surface area contributed by atoms with Crippen LogP contribution < -0.4 is 4.74 Å². The molecule has 3 aromatic rings. The van der Waals surface area contributed by atoms with Gasteiger partial charge in [-0.2, -0.15) is 10.2 Å². The quantitative estimate of drug-likeness (QED) is 0.274. The molecule has 7 nitrogen and oxygen atoms in total. The minimum absolute atomic E-state index is 0.00711. The molecule has 0 aliphatic rings. The SMILES string of the molecule is Cc1cccn2c(/C=C(/C#N)C(=O)OCc3ccccc3)c(OCCCO)nc12. The third-order valence-electron chi connectivity index (χ3n) is 4.22. The number of aromatic nitrogens is 2. The van der Waals surface area contributed by atoms with E-state index in [1.807, 2.05) is 55.5 Å². The number of aliphatic hydroxyl groups is 1. The Morgan fingerprint density at radius 3 is 2.79 bits per heavy atom. The second-order valence-electron chi connectivity index (χ2n) is 6.34. The minimum atomic E-state index is -0.722. The van der Waals surface area contributed by atoms with E-state index in [2.05, 4.69) is 4.98 Å². The summed E-state index contributed by atoms with van der Waals surface area (Å²) in [7, 11) is 0. The van der Waals surface area contributed by atoms with Gasteiger partial charge in [0.25, 0.3) is 0 Å². The van der Waals surface area contributed by atoms with Gasteiger partial charge in [0.1, 0.15) is 29.6 Å². The normalized spacial score (nSPS) is 11.3. The second-order valence-corrected chi connectivity index (χ2v) is 6.34. The van der Waals surface area contributed by atoms with Crippen molar-refractivity contribution in [3.05, 3.63) is 71.1 Å². The predicted molar refractivity (Wildman–Crippen MR) is 107 cm³/mol. The number of esters is 1. The molecule has 0 saturated heterocycles. The zero-order valence-electron chi connectivity index (χ0n) is 16.0. The van der Waals surface area contributed by atoms with Crippen LogP contribution in [0.2, 0.25) is 0 Å². The van der Waals surface area contributed by atoms with Crippen LogP contribution in [0.1, 0.15) is 23.2 Å². The van der Waals surface area contributed by atoms with E-state index in [0.29, 0.717) is 17.8 Å². The summed E-state index contributed by atoms with van der Waals surface area (Å²) in [6.07, 6.45) is 3.64. The van der Waals surface area contributed by atoms with Gasteiger partial charge in [0.2, 0.25) is 5.88 Å². The van der Waals surface area contributed by atoms with Crippen LogP contribution in [0.4, 0.5) is 0 Å². The molecule has 2 heterocycles. The average molecular weight is 391 g/mol. The molecule has 7 heteroatoms. The highest BCUT2D eigenvalue weighted by Crippen LogP contribution is 2.25. The topological polar surface area (TPSA) is 96.9 Å². The van der Waals surface area contributed by atoms with Gasteiger partial charge in [-0.1, -0.05) is 36.4 Å². The highest BCUT2D eigenvalue weighted by atomic mass is 16.5. The molecule has 0 fully saturated rings. The molecule has 1 N–H and O–H groups in total. The first kappa shape index (κ1) is 20.1. The molecule has 3 rings (SSSR count). The number of pyridine rings is 1. The molecule has 0 saturated carbocycles. The van der Waals surface area contributed by atoms with Gasteiger partial charge in [-0.25, -0.2) is 4.79 Å². The standard InChI is InChI=1S/C22H21N3O4/c1-16-7-5-10-25-19(21(24-20(16)25)28-12-6-11-26)13-18(14-23)22(27)29-15-17-8-3-2-4-9-17/h2-5,7-10,13,26H,6,11-12,15H2,1H3/b18-13-. The number of aliphatic hydroxyl groups excluding tert-OH is 1. The van der Waals surface area contributed by atoms with Gasteiger partial charge in [0, 0.05) is 19.2 Å². The maximum atomic E-state index is 12.4. The summed E-state index contributed by atoms with van der Waals surface area (Å²) < 4.78 is 12.7. The average Bonchev–Trinajstić information content (AvgIpc) is 3.10. The molecule has 0 atom stereocenters. The minimum Gasteiger partial charge on any atom is -0.476 e. The van der Waals surface area contributed by atoms with E-state index in [4.69, 9.17) is 14.6 Å². The lowest BCUT2D eigenvalue weighted by Crippen LogP contribution is -2.07. The molecule has 148 valence electrons. The van der Waals surface area contributed by atoms with Crippen LogP contribution in [0.3, 0.4) is 0 Å². The molecule has 0 bridgehead atoms. The van der Waals surface area contributed by atoms with Crippen molar-refractivity contribution < 1.29 is 19.4 Å². The summed E-state index contributed by atoms with van der Waals surface area (Å²) in [4.78, 5) is 16.9. The van der Waals surface area contributed by atoms with E-state index in [9.17, 15) is 10.1 Å². The molecule has 1 aromatic carbocycles. The van der Waals surface area contributed by atoms with Gasteiger partial charge in [-0.15, -0.1) is 0 Å². The number of aryl methyl sites for hydroxylation is 1. The highest BCUT2D eigenvalue weighted by molar-refractivity contribution is 5.98. The monoisotopic (exact) mass is 391 g/mol. The van der Waals surface area contributed by atoms with Crippen LogP contribution in [0, 0.1) is 18.3 Å². The van der Waals surface area contributed by atoms with Crippen molar-refractivity contribution in [2.75, 3.05) is 13.2 Å². The lowest BCUT2D eigenvalue weighted by molar-refractivity contribution is -0.139. The Hall–Kier alpha value is -3.63. The number of hydrogen-bond donors (Lipinski definition) is 1. The van der Waals surface area contributed by atoms with E-state index in [1.165, 1.54) is 6.08 Å². The van der Waals surface area contributed by atoms with Gasteiger partial charge < -0.3 is 14.6 Å². The van der Waals surface area contributed by atoms with E-state index in [0.717, 1.165) is 11.1 Å². The highest BCUT2D eigenvalue weighted by Gasteiger charge is 2.18. The summed E-state index contributed by atoms with van der Waals surface area (Å²) in [5.74, 6) is -0.434. The fourth-order valence-electron chi connectivity index (χ4n) is 2.75. The first-order valence-electron chi connectivity index (χ1n) is 9.18.